The van der Waals surface area contributed by atoms with E-state index in [4.69, 9.17) is 9.15 Å². The van der Waals surface area contributed by atoms with Crippen LogP contribution in [0.25, 0.3) is 21.1 Å². The first-order valence-corrected chi connectivity index (χ1v) is 12.4. The zero-order valence-electron chi connectivity index (χ0n) is 19.4. The van der Waals surface area contributed by atoms with Gasteiger partial charge in [-0.1, -0.05) is 12.1 Å². The van der Waals surface area contributed by atoms with Gasteiger partial charge in [-0.15, -0.1) is 11.3 Å². The number of nitrogens with zero attached hydrogens (tertiary/aromatic N) is 1. The number of phenolic OH excluding ortho intramolecular Hbond substituents is 1. The summed E-state index contributed by atoms with van der Waals surface area (Å²) in [4.78, 5) is 3.72. The van der Waals surface area contributed by atoms with Crippen LogP contribution in [0, 0.1) is 6.92 Å². The second kappa shape index (κ2) is 8.67. The molecule has 3 heterocycles. The quantitative estimate of drug-likeness (QED) is 0.362. The van der Waals surface area contributed by atoms with Crippen LogP contribution in [0.3, 0.4) is 0 Å². The summed E-state index contributed by atoms with van der Waals surface area (Å²) in [5.41, 5.74) is 0.765. The number of benzene rings is 2. The van der Waals surface area contributed by atoms with E-state index < -0.39 is 6.10 Å². The van der Waals surface area contributed by atoms with E-state index in [-0.39, 0.29) is 12.1 Å². The Morgan fingerprint density at radius 1 is 1.18 bits per heavy atom. The third-order valence-electron chi connectivity index (χ3n) is 6.82. The van der Waals surface area contributed by atoms with E-state index in [1.807, 2.05) is 37.3 Å². The average molecular weight is 466 g/mol. The number of ether oxygens (including phenoxy) is 1. The minimum absolute atomic E-state index is 0.0379. The molecule has 5 nitrogen and oxygen atoms in total. The maximum absolute atomic E-state index is 10.8. The lowest BCUT2D eigenvalue weighted by Crippen LogP contribution is -2.52. The molecule has 1 saturated heterocycles. The molecule has 1 aliphatic rings. The number of aliphatic hydroxyl groups is 1. The van der Waals surface area contributed by atoms with Gasteiger partial charge >= 0.3 is 0 Å². The number of aliphatic hydroxyl groups excluding tert-OH is 1. The summed E-state index contributed by atoms with van der Waals surface area (Å²) >= 11 is 1.79. The normalized spacial score (nSPS) is 19.8. The Bertz CT molecular complexity index is 1270. The lowest BCUT2D eigenvalue weighted by molar-refractivity contribution is 0.00396. The molecule has 0 amide bonds. The highest BCUT2D eigenvalue weighted by Gasteiger charge is 2.36. The standard InChI is InChI=1S/C27H31NO4S/c1-17-12-21-23(7-5-8-24(21)32-17)31-16-19(29)15-28-11-10-18(14-27(28,2)3)26-13-20-22(30)6-4-9-25(20)33-26/h4-9,12-13,18-19,29-30H,10-11,14-16H2,1-3H3/t18?,19-/m0/s1. The van der Waals surface area contributed by atoms with Crippen LogP contribution in [-0.4, -0.2) is 46.5 Å². The van der Waals surface area contributed by atoms with Gasteiger partial charge in [-0.2, -0.15) is 0 Å². The minimum atomic E-state index is -0.578. The highest BCUT2D eigenvalue weighted by atomic mass is 32.1. The molecule has 1 unspecified atom stereocenters. The number of fused-ring (bicyclic) bond motifs is 2. The second-order valence-electron chi connectivity index (χ2n) is 9.78. The van der Waals surface area contributed by atoms with Crippen molar-refractivity contribution < 1.29 is 19.4 Å². The number of aromatic hydroxyl groups is 1. The number of piperidine rings is 1. The zero-order valence-corrected chi connectivity index (χ0v) is 20.2. The molecule has 5 rings (SSSR count). The largest absolute Gasteiger partial charge is 0.507 e. The number of furan rings is 1. The number of hydrogen-bond acceptors (Lipinski definition) is 6. The fourth-order valence-electron chi connectivity index (χ4n) is 5.08. The Morgan fingerprint density at radius 3 is 2.79 bits per heavy atom. The molecule has 0 aliphatic carbocycles. The Labute approximate surface area is 198 Å². The molecule has 0 spiro atoms. The van der Waals surface area contributed by atoms with E-state index in [1.54, 1.807) is 17.4 Å². The summed E-state index contributed by atoms with van der Waals surface area (Å²) in [5.74, 6) is 2.41. The van der Waals surface area contributed by atoms with Crippen molar-refractivity contribution in [2.24, 2.45) is 0 Å². The van der Waals surface area contributed by atoms with Crippen LogP contribution in [-0.2, 0) is 0 Å². The van der Waals surface area contributed by atoms with Crippen molar-refractivity contribution in [3.05, 3.63) is 59.2 Å². The average Bonchev–Trinajstić information content (AvgIpc) is 3.37. The summed E-state index contributed by atoms with van der Waals surface area (Å²) in [5, 5.41) is 22.8. The van der Waals surface area contributed by atoms with Gasteiger partial charge in [0.15, 0.2) is 0 Å². The van der Waals surface area contributed by atoms with E-state index in [9.17, 15) is 10.2 Å². The number of phenols is 1. The van der Waals surface area contributed by atoms with Gasteiger partial charge in [-0.3, -0.25) is 4.90 Å². The first kappa shape index (κ1) is 22.3. The molecule has 2 aromatic heterocycles. The van der Waals surface area contributed by atoms with Crippen LogP contribution in [0.15, 0.2) is 52.9 Å². The van der Waals surface area contributed by atoms with Crippen LogP contribution >= 0.6 is 11.3 Å². The number of hydrogen-bond donors (Lipinski definition) is 2. The fourth-order valence-corrected chi connectivity index (χ4v) is 6.30. The highest BCUT2D eigenvalue weighted by molar-refractivity contribution is 7.19. The number of likely N-dealkylation sites (tertiary alicyclic amines) is 1. The van der Waals surface area contributed by atoms with Gasteiger partial charge < -0.3 is 19.4 Å². The van der Waals surface area contributed by atoms with Gasteiger partial charge in [-0.25, -0.2) is 0 Å². The number of β-amino-alcohol motifs (C(OH)–C–C–N with tert-alkyl or cyclic N) is 1. The summed E-state index contributed by atoms with van der Waals surface area (Å²) in [6, 6.07) is 15.6. The maximum atomic E-state index is 10.8. The molecule has 0 saturated carbocycles. The molecule has 1 fully saturated rings. The topological polar surface area (TPSA) is 66.1 Å². The van der Waals surface area contributed by atoms with E-state index in [0.717, 1.165) is 52.0 Å². The zero-order chi connectivity index (χ0) is 23.2. The van der Waals surface area contributed by atoms with Crippen molar-refractivity contribution in [3.8, 4) is 11.5 Å². The van der Waals surface area contributed by atoms with Gasteiger partial charge in [-0.05, 0) is 82.5 Å². The third-order valence-corrected chi connectivity index (χ3v) is 8.08. The Morgan fingerprint density at radius 2 is 2.00 bits per heavy atom. The van der Waals surface area contributed by atoms with E-state index in [1.165, 1.54) is 4.88 Å². The molecule has 6 heteroatoms. The first-order valence-electron chi connectivity index (χ1n) is 11.6. The molecule has 0 radical (unpaired) electrons. The second-order valence-corrected chi connectivity index (χ2v) is 10.9. The van der Waals surface area contributed by atoms with Gasteiger partial charge in [0.05, 0.1) is 5.39 Å². The molecule has 0 bridgehead atoms. The van der Waals surface area contributed by atoms with Crippen molar-refractivity contribution in [1.82, 2.24) is 4.90 Å². The number of aryl methyl sites for hydroxylation is 1. The Hall–Kier alpha value is -2.54. The van der Waals surface area contributed by atoms with E-state index in [0.29, 0.717) is 18.2 Å². The molecular weight excluding hydrogens is 434 g/mol. The molecule has 2 aromatic carbocycles. The predicted octanol–water partition coefficient (Wildman–Crippen LogP) is 6.06. The lowest BCUT2D eigenvalue weighted by atomic mass is 9.81. The first-order chi connectivity index (χ1) is 15.8. The molecule has 4 aromatic rings. The third kappa shape index (κ3) is 4.47. The van der Waals surface area contributed by atoms with Crippen LogP contribution < -0.4 is 4.74 Å². The van der Waals surface area contributed by atoms with Gasteiger partial charge in [0.1, 0.15) is 35.6 Å². The van der Waals surface area contributed by atoms with E-state index in [2.05, 4.69) is 30.9 Å². The van der Waals surface area contributed by atoms with Crippen molar-refractivity contribution >= 4 is 32.4 Å². The summed E-state index contributed by atoms with van der Waals surface area (Å²) in [6.45, 7) is 8.18. The molecule has 33 heavy (non-hydrogen) atoms. The fraction of sp³-hybridized carbons (Fsp3) is 0.407. The monoisotopic (exact) mass is 465 g/mol. The SMILES string of the molecule is Cc1cc2c(OC[C@@H](O)CN3CCC(c4cc5c(O)cccc5s4)CC3(C)C)cccc2o1. The number of rotatable bonds is 6. The highest BCUT2D eigenvalue weighted by Crippen LogP contribution is 2.43. The minimum Gasteiger partial charge on any atom is -0.507 e. The van der Waals surface area contributed by atoms with Crippen LogP contribution in [0.1, 0.15) is 43.2 Å². The molecule has 2 atom stereocenters. The lowest BCUT2D eigenvalue weighted by Gasteiger charge is -2.46. The summed E-state index contributed by atoms with van der Waals surface area (Å²) < 4.78 is 12.8. The van der Waals surface area contributed by atoms with Crippen molar-refractivity contribution in [1.29, 1.82) is 0 Å². The maximum Gasteiger partial charge on any atom is 0.137 e. The smallest absolute Gasteiger partial charge is 0.137 e. The van der Waals surface area contributed by atoms with Crippen LogP contribution in [0.5, 0.6) is 11.5 Å². The number of thiophene rings is 1. The van der Waals surface area contributed by atoms with Crippen LogP contribution in [0.4, 0.5) is 0 Å². The molecule has 1 aliphatic heterocycles. The summed E-state index contributed by atoms with van der Waals surface area (Å²) in [6.07, 6.45) is 1.48. The van der Waals surface area contributed by atoms with Gasteiger partial charge in [0.25, 0.3) is 0 Å². The Kier molecular flexibility index (Phi) is 5.85. The molecular formula is C27H31NO4S. The van der Waals surface area contributed by atoms with Gasteiger partial charge in [0.2, 0.25) is 0 Å². The Balaban J connectivity index is 1.22. The van der Waals surface area contributed by atoms with Crippen molar-refractivity contribution in [2.45, 2.75) is 51.2 Å². The van der Waals surface area contributed by atoms with E-state index >= 15 is 0 Å². The summed E-state index contributed by atoms with van der Waals surface area (Å²) in [7, 11) is 0. The van der Waals surface area contributed by atoms with Crippen molar-refractivity contribution in [3.63, 3.8) is 0 Å². The van der Waals surface area contributed by atoms with Crippen LogP contribution in [0.2, 0.25) is 0 Å². The predicted molar refractivity (Wildman–Crippen MR) is 134 cm³/mol. The molecule has 174 valence electrons. The van der Waals surface area contributed by atoms with Crippen molar-refractivity contribution in [2.75, 3.05) is 19.7 Å². The molecule has 2 N–H and O–H groups in total. The van der Waals surface area contributed by atoms with Gasteiger partial charge in [0, 0.05) is 27.0 Å².